The first-order valence-electron chi connectivity index (χ1n) is 11.5. The lowest BCUT2D eigenvalue weighted by Gasteiger charge is -2.12. The minimum atomic E-state index is -0.521. The number of anilines is 1. The highest BCUT2D eigenvalue weighted by Gasteiger charge is 2.26. The van der Waals surface area contributed by atoms with Gasteiger partial charge in [-0.2, -0.15) is 10.1 Å². The van der Waals surface area contributed by atoms with E-state index in [9.17, 15) is 10.1 Å². The lowest BCUT2D eigenvalue weighted by Crippen LogP contribution is -2.13. The summed E-state index contributed by atoms with van der Waals surface area (Å²) in [4.78, 5) is 22.3. The van der Waals surface area contributed by atoms with Crippen LogP contribution in [0.5, 0.6) is 5.75 Å². The van der Waals surface area contributed by atoms with Crippen molar-refractivity contribution in [3.8, 4) is 23.1 Å². The van der Waals surface area contributed by atoms with E-state index in [4.69, 9.17) is 14.5 Å². The summed E-state index contributed by atoms with van der Waals surface area (Å²) < 4.78 is 7.50. The van der Waals surface area contributed by atoms with E-state index >= 15 is 0 Å². The summed E-state index contributed by atoms with van der Waals surface area (Å²) in [6.07, 6.45) is 1.85. The Morgan fingerprint density at radius 3 is 2.54 bits per heavy atom. The molecule has 1 aromatic heterocycles. The van der Waals surface area contributed by atoms with E-state index in [0.717, 1.165) is 34.3 Å². The average molecular weight is 468 g/mol. The summed E-state index contributed by atoms with van der Waals surface area (Å²) in [5, 5.41) is 13.7. The predicted octanol–water partition coefficient (Wildman–Crippen LogP) is 6.28. The summed E-state index contributed by atoms with van der Waals surface area (Å²) in [5.41, 5.74) is 4.85. The van der Waals surface area contributed by atoms with Gasteiger partial charge in [-0.3, -0.25) is 5.32 Å². The van der Waals surface area contributed by atoms with E-state index in [2.05, 4.69) is 16.0 Å². The SMILES string of the molecule is COOc1ccc2c(C#N)c(-c3ccc(NC(=O)OCc4ccccc4)cc3)n(CC3CC3)c2c1. The smallest absolute Gasteiger partial charge is 0.411 e. The molecular weight excluding hydrogens is 442 g/mol. The first-order valence-corrected chi connectivity index (χ1v) is 11.5. The fourth-order valence-electron chi connectivity index (χ4n) is 4.23. The summed E-state index contributed by atoms with van der Waals surface area (Å²) in [6, 6.07) is 25.0. The number of aromatic nitrogens is 1. The third-order valence-electron chi connectivity index (χ3n) is 6.08. The molecule has 0 radical (unpaired) electrons. The lowest BCUT2D eigenvalue weighted by atomic mass is 10.1. The van der Waals surface area contributed by atoms with Crippen LogP contribution in [0.2, 0.25) is 0 Å². The monoisotopic (exact) mass is 467 g/mol. The normalized spacial score (nSPS) is 12.8. The van der Waals surface area contributed by atoms with Crippen molar-refractivity contribution in [3.63, 3.8) is 0 Å². The molecule has 7 heteroatoms. The average Bonchev–Trinajstić information content (AvgIpc) is 3.65. The number of carbonyl (C=O) groups excluding carboxylic acids is 1. The Morgan fingerprint density at radius 2 is 1.86 bits per heavy atom. The first-order chi connectivity index (χ1) is 17.2. The molecule has 0 saturated heterocycles. The van der Waals surface area contributed by atoms with Gasteiger partial charge in [0, 0.05) is 23.7 Å². The van der Waals surface area contributed by atoms with Gasteiger partial charge in [0.15, 0.2) is 5.75 Å². The number of hydrogen-bond acceptors (Lipinski definition) is 5. The van der Waals surface area contributed by atoms with Gasteiger partial charge in [-0.15, -0.1) is 0 Å². The molecule has 0 atom stereocenters. The highest BCUT2D eigenvalue weighted by Crippen LogP contribution is 2.39. The van der Waals surface area contributed by atoms with Gasteiger partial charge in [-0.1, -0.05) is 42.5 Å². The number of nitrogens with one attached hydrogen (secondary N) is 1. The number of nitrogens with zero attached hydrogens (tertiary/aromatic N) is 2. The van der Waals surface area contributed by atoms with Crippen molar-refractivity contribution in [2.45, 2.75) is 26.0 Å². The molecule has 0 spiro atoms. The second-order valence-corrected chi connectivity index (χ2v) is 8.58. The Bertz CT molecular complexity index is 1380. The van der Waals surface area contributed by atoms with Crippen molar-refractivity contribution in [1.29, 1.82) is 5.26 Å². The number of rotatable bonds is 8. The number of fused-ring (bicyclic) bond motifs is 1. The van der Waals surface area contributed by atoms with Crippen LogP contribution in [0.4, 0.5) is 10.5 Å². The van der Waals surface area contributed by atoms with E-state index in [1.165, 1.54) is 20.0 Å². The fourth-order valence-corrected chi connectivity index (χ4v) is 4.23. The zero-order valence-electron chi connectivity index (χ0n) is 19.4. The summed E-state index contributed by atoms with van der Waals surface area (Å²) >= 11 is 0. The van der Waals surface area contributed by atoms with Gasteiger partial charge in [0.05, 0.1) is 23.9 Å². The minimum Gasteiger partial charge on any atom is -0.444 e. The third-order valence-corrected chi connectivity index (χ3v) is 6.08. The summed E-state index contributed by atoms with van der Waals surface area (Å²) in [7, 11) is 1.46. The Kier molecular flexibility index (Phi) is 6.38. The Morgan fingerprint density at radius 1 is 1.09 bits per heavy atom. The largest absolute Gasteiger partial charge is 0.444 e. The minimum absolute atomic E-state index is 0.201. The maximum atomic E-state index is 12.2. The Hall–Kier alpha value is -4.28. The van der Waals surface area contributed by atoms with Crippen LogP contribution in [0.25, 0.3) is 22.2 Å². The van der Waals surface area contributed by atoms with Crippen LogP contribution in [0.1, 0.15) is 24.0 Å². The van der Waals surface area contributed by atoms with Gasteiger partial charge >= 0.3 is 6.09 Å². The van der Waals surface area contributed by atoms with E-state index in [1.54, 1.807) is 6.07 Å². The standard InChI is InChI=1S/C28H25N3O4/c1-33-35-23-13-14-24-25(16-29)27(31(26(24)15-23)17-19-7-8-19)21-9-11-22(12-10-21)30-28(32)34-18-20-5-3-2-4-6-20/h2-6,9-15,19H,7-8,17-18H2,1H3,(H,30,32). The van der Waals surface area contributed by atoms with Gasteiger partial charge in [-0.05, 0) is 54.2 Å². The van der Waals surface area contributed by atoms with Crippen LogP contribution in [0, 0.1) is 17.2 Å². The van der Waals surface area contributed by atoms with Crippen molar-refractivity contribution < 1.29 is 19.3 Å². The molecule has 1 heterocycles. The highest BCUT2D eigenvalue weighted by atomic mass is 17.2. The zero-order valence-corrected chi connectivity index (χ0v) is 19.4. The van der Waals surface area contributed by atoms with E-state index in [1.807, 2.05) is 66.7 Å². The zero-order chi connectivity index (χ0) is 24.2. The molecule has 1 N–H and O–H groups in total. The number of hydrogen-bond donors (Lipinski definition) is 1. The number of ether oxygens (including phenoxy) is 1. The van der Waals surface area contributed by atoms with Gasteiger partial charge in [0.25, 0.3) is 0 Å². The Balaban J connectivity index is 1.41. The number of nitriles is 1. The molecule has 1 amide bonds. The van der Waals surface area contributed by atoms with Crippen LogP contribution < -0.4 is 10.2 Å². The van der Waals surface area contributed by atoms with Crippen LogP contribution in [-0.2, 0) is 22.8 Å². The predicted molar refractivity (Wildman–Crippen MR) is 133 cm³/mol. The second kappa shape index (κ2) is 9.92. The number of amides is 1. The van der Waals surface area contributed by atoms with E-state index < -0.39 is 6.09 Å². The fraction of sp³-hybridized carbons (Fsp3) is 0.214. The van der Waals surface area contributed by atoms with E-state index in [-0.39, 0.29) is 6.61 Å². The molecule has 0 unspecified atom stereocenters. The van der Waals surface area contributed by atoms with Crippen molar-refractivity contribution in [1.82, 2.24) is 4.57 Å². The van der Waals surface area contributed by atoms with Crippen LogP contribution in [-0.4, -0.2) is 17.8 Å². The van der Waals surface area contributed by atoms with Gasteiger partial charge < -0.3 is 14.2 Å². The molecule has 5 rings (SSSR count). The molecule has 1 fully saturated rings. The third kappa shape index (κ3) is 4.98. The lowest BCUT2D eigenvalue weighted by molar-refractivity contribution is -0.178. The molecule has 7 nitrogen and oxygen atoms in total. The molecule has 1 aliphatic rings. The summed E-state index contributed by atoms with van der Waals surface area (Å²) in [5.74, 6) is 1.18. The van der Waals surface area contributed by atoms with Crippen LogP contribution >= 0.6 is 0 Å². The topological polar surface area (TPSA) is 85.5 Å². The van der Waals surface area contributed by atoms with Crippen LogP contribution in [0.15, 0.2) is 72.8 Å². The molecule has 35 heavy (non-hydrogen) atoms. The maximum absolute atomic E-state index is 12.2. The maximum Gasteiger partial charge on any atom is 0.411 e. The van der Waals surface area contributed by atoms with Gasteiger partial charge in [0.2, 0.25) is 0 Å². The molecule has 1 saturated carbocycles. The molecule has 0 aliphatic heterocycles. The van der Waals surface area contributed by atoms with Gasteiger partial charge in [0.1, 0.15) is 12.7 Å². The molecule has 1 aliphatic carbocycles. The number of benzene rings is 3. The molecule has 0 bridgehead atoms. The molecular formula is C28H25N3O4. The molecule has 4 aromatic rings. The second-order valence-electron chi connectivity index (χ2n) is 8.58. The molecule has 176 valence electrons. The van der Waals surface area contributed by atoms with Crippen molar-refractivity contribution in [2.24, 2.45) is 5.92 Å². The van der Waals surface area contributed by atoms with E-state index in [0.29, 0.717) is 22.9 Å². The van der Waals surface area contributed by atoms with Crippen molar-refractivity contribution >= 4 is 22.7 Å². The number of carbonyl (C=O) groups is 1. The molecule has 3 aromatic carbocycles. The summed E-state index contributed by atoms with van der Waals surface area (Å²) in [6.45, 7) is 1.03. The quantitative estimate of drug-likeness (QED) is 0.243. The Labute approximate surface area is 203 Å². The van der Waals surface area contributed by atoms with Crippen molar-refractivity contribution in [2.75, 3.05) is 12.4 Å². The van der Waals surface area contributed by atoms with Gasteiger partial charge in [-0.25, -0.2) is 4.79 Å². The first kappa shape index (κ1) is 22.5. The van der Waals surface area contributed by atoms with Crippen molar-refractivity contribution in [3.05, 3.63) is 83.9 Å². The highest BCUT2D eigenvalue weighted by molar-refractivity contribution is 5.95. The van der Waals surface area contributed by atoms with Crippen LogP contribution in [0.3, 0.4) is 0 Å².